The number of rotatable bonds is 4. The smallest absolute Gasteiger partial charge is 0.303 e. The molecule has 1 aliphatic rings. The molecule has 2 aromatic carbocycles. The van der Waals surface area contributed by atoms with Crippen molar-refractivity contribution >= 4 is 21.7 Å². The fourth-order valence-electron chi connectivity index (χ4n) is 3.33. The van der Waals surface area contributed by atoms with E-state index >= 15 is 0 Å². The van der Waals surface area contributed by atoms with E-state index in [0.717, 1.165) is 11.1 Å². The predicted molar refractivity (Wildman–Crippen MR) is 96.4 cm³/mol. The van der Waals surface area contributed by atoms with Crippen molar-refractivity contribution in [3.05, 3.63) is 59.7 Å². The Balaban J connectivity index is 2.06. The van der Waals surface area contributed by atoms with Crippen LogP contribution in [0.4, 0.5) is 5.69 Å². The van der Waals surface area contributed by atoms with Gasteiger partial charge in [-0.15, -0.1) is 0 Å². The molecule has 1 heterocycles. The van der Waals surface area contributed by atoms with Crippen LogP contribution in [-0.2, 0) is 14.8 Å². The number of hydrogen-bond acceptors (Lipinski definition) is 3. The number of hydrogen-bond donors (Lipinski definition) is 1. The van der Waals surface area contributed by atoms with E-state index < -0.39 is 16.0 Å². The van der Waals surface area contributed by atoms with Gasteiger partial charge >= 0.3 is 5.97 Å². The van der Waals surface area contributed by atoms with Crippen molar-refractivity contribution in [1.82, 2.24) is 0 Å². The SMILES string of the molecule is Cc1ccc(S(=O)(=O)N2CCCC(CC(=O)O)c3ccccc32)cc1. The molecule has 1 aliphatic heterocycles. The molecule has 6 heteroatoms. The third kappa shape index (κ3) is 3.54. The van der Waals surface area contributed by atoms with Crippen LogP contribution in [0.15, 0.2) is 53.4 Å². The maximum Gasteiger partial charge on any atom is 0.303 e. The summed E-state index contributed by atoms with van der Waals surface area (Å²) in [6.07, 6.45) is 1.29. The molecular weight excluding hydrogens is 338 g/mol. The van der Waals surface area contributed by atoms with E-state index in [1.807, 2.05) is 19.1 Å². The molecule has 25 heavy (non-hydrogen) atoms. The Hall–Kier alpha value is -2.34. The Labute approximate surface area is 148 Å². The van der Waals surface area contributed by atoms with Crippen molar-refractivity contribution in [3.8, 4) is 0 Å². The maximum absolute atomic E-state index is 13.2. The topological polar surface area (TPSA) is 74.7 Å². The second-order valence-electron chi connectivity index (χ2n) is 6.39. The number of carboxylic acids is 1. The van der Waals surface area contributed by atoms with E-state index in [-0.39, 0.29) is 17.2 Å². The van der Waals surface area contributed by atoms with E-state index in [9.17, 15) is 18.3 Å². The monoisotopic (exact) mass is 359 g/mol. The zero-order chi connectivity index (χ0) is 18.0. The van der Waals surface area contributed by atoms with E-state index in [1.165, 1.54) is 4.31 Å². The number of fused-ring (bicyclic) bond motifs is 1. The Morgan fingerprint density at radius 3 is 2.52 bits per heavy atom. The summed E-state index contributed by atoms with van der Waals surface area (Å²) in [5.41, 5.74) is 2.38. The fraction of sp³-hybridized carbons (Fsp3) is 0.316. The largest absolute Gasteiger partial charge is 0.481 e. The first-order valence-electron chi connectivity index (χ1n) is 8.30. The zero-order valence-electron chi connectivity index (χ0n) is 14.1. The van der Waals surface area contributed by atoms with Crippen molar-refractivity contribution in [2.24, 2.45) is 0 Å². The van der Waals surface area contributed by atoms with Gasteiger partial charge in [0.05, 0.1) is 17.0 Å². The van der Waals surface area contributed by atoms with Crippen LogP contribution in [0.1, 0.15) is 36.3 Å². The molecule has 3 rings (SSSR count). The van der Waals surface area contributed by atoms with Gasteiger partial charge in [-0.3, -0.25) is 9.10 Å². The van der Waals surface area contributed by atoms with Crippen molar-refractivity contribution in [2.45, 2.75) is 37.0 Å². The van der Waals surface area contributed by atoms with Crippen molar-refractivity contribution in [1.29, 1.82) is 0 Å². The summed E-state index contributed by atoms with van der Waals surface area (Å²) in [6, 6.07) is 14.0. The Morgan fingerprint density at radius 1 is 1.16 bits per heavy atom. The number of nitrogens with zero attached hydrogens (tertiary/aromatic N) is 1. The molecular formula is C19H21NO4S. The lowest BCUT2D eigenvalue weighted by Gasteiger charge is -2.25. The minimum Gasteiger partial charge on any atom is -0.481 e. The molecule has 0 aromatic heterocycles. The molecule has 0 saturated carbocycles. The normalized spacial score (nSPS) is 17.6. The molecule has 1 unspecified atom stereocenters. The average molecular weight is 359 g/mol. The van der Waals surface area contributed by atoms with Crippen LogP contribution in [0.2, 0.25) is 0 Å². The van der Waals surface area contributed by atoms with Crippen LogP contribution in [-0.4, -0.2) is 26.0 Å². The van der Waals surface area contributed by atoms with Crippen molar-refractivity contribution in [3.63, 3.8) is 0 Å². The number of aliphatic carboxylic acids is 1. The zero-order valence-corrected chi connectivity index (χ0v) is 14.9. The van der Waals surface area contributed by atoms with Crippen molar-refractivity contribution in [2.75, 3.05) is 10.8 Å². The standard InChI is InChI=1S/C19H21NO4S/c1-14-8-10-16(11-9-14)25(23,24)20-12-4-5-15(13-19(21)22)17-6-2-3-7-18(17)20/h2-3,6-11,15H,4-5,12-13H2,1H3,(H,21,22). The predicted octanol–water partition coefficient (Wildman–Crippen LogP) is 3.54. The van der Waals surface area contributed by atoms with E-state index in [1.54, 1.807) is 36.4 Å². The molecule has 5 nitrogen and oxygen atoms in total. The lowest BCUT2D eigenvalue weighted by Crippen LogP contribution is -2.31. The number of anilines is 1. The number of carbonyl (C=O) groups is 1. The van der Waals surface area contributed by atoms with Gasteiger partial charge in [0.25, 0.3) is 10.0 Å². The van der Waals surface area contributed by atoms with Gasteiger partial charge in [-0.05, 0) is 49.4 Å². The number of para-hydroxylation sites is 1. The van der Waals surface area contributed by atoms with Gasteiger partial charge in [-0.25, -0.2) is 8.42 Å². The summed E-state index contributed by atoms with van der Waals surface area (Å²) >= 11 is 0. The molecule has 0 spiro atoms. The van der Waals surface area contributed by atoms with Crippen LogP contribution in [0, 0.1) is 6.92 Å². The van der Waals surface area contributed by atoms with Gasteiger partial charge in [-0.1, -0.05) is 35.9 Å². The van der Waals surface area contributed by atoms with Crippen molar-refractivity contribution < 1.29 is 18.3 Å². The van der Waals surface area contributed by atoms with Gasteiger partial charge in [0.15, 0.2) is 0 Å². The quantitative estimate of drug-likeness (QED) is 0.906. The molecule has 0 aliphatic carbocycles. The first-order chi connectivity index (χ1) is 11.9. The minimum absolute atomic E-state index is 0.00936. The number of benzene rings is 2. The third-order valence-electron chi connectivity index (χ3n) is 4.59. The number of sulfonamides is 1. The lowest BCUT2D eigenvalue weighted by molar-refractivity contribution is -0.137. The Morgan fingerprint density at radius 2 is 1.84 bits per heavy atom. The molecule has 0 bridgehead atoms. The van der Waals surface area contributed by atoms with Crippen LogP contribution >= 0.6 is 0 Å². The van der Waals surface area contributed by atoms with Crippen LogP contribution in [0.3, 0.4) is 0 Å². The third-order valence-corrected chi connectivity index (χ3v) is 6.42. The number of aryl methyl sites for hydroxylation is 1. The van der Waals surface area contributed by atoms with Gasteiger partial charge in [0.2, 0.25) is 0 Å². The van der Waals surface area contributed by atoms with E-state index in [4.69, 9.17) is 0 Å². The lowest BCUT2D eigenvalue weighted by atomic mass is 9.91. The van der Waals surface area contributed by atoms with Crippen LogP contribution < -0.4 is 4.31 Å². The molecule has 1 N–H and O–H groups in total. The molecule has 0 saturated heterocycles. The minimum atomic E-state index is -3.68. The molecule has 0 amide bonds. The highest BCUT2D eigenvalue weighted by atomic mass is 32.2. The van der Waals surface area contributed by atoms with Gasteiger partial charge in [0.1, 0.15) is 0 Å². The van der Waals surface area contributed by atoms with Crippen LogP contribution in [0.5, 0.6) is 0 Å². The first-order valence-corrected chi connectivity index (χ1v) is 9.74. The molecule has 0 radical (unpaired) electrons. The first kappa shape index (κ1) is 17.5. The highest BCUT2D eigenvalue weighted by Crippen LogP contribution is 2.38. The highest BCUT2D eigenvalue weighted by molar-refractivity contribution is 7.92. The van der Waals surface area contributed by atoms with E-state index in [0.29, 0.717) is 25.1 Å². The maximum atomic E-state index is 13.2. The highest BCUT2D eigenvalue weighted by Gasteiger charge is 2.31. The summed E-state index contributed by atoms with van der Waals surface area (Å²) in [4.78, 5) is 11.4. The molecule has 1 atom stereocenters. The average Bonchev–Trinajstić information content (AvgIpc) is 2.75. The van der Waals surface area contributed by atoms with Gasteiger partial charge < -0.3 is 5.11 Å². The van der Waals surface area contributed by atoms with Crippen LogP contribution in [0.25, 0.3) is 0 Å². The second-order valence-corrected chi connectivity index (χ2v) is 8.25. The molecule has 0 fully saturated rings. The summed E-state index contributed by atoms with van der Waals surface area (Å²) in [5.74, 6) is -1.04. The van der Waals surface area contributed by atoms with Gasteiger partial charge in [0, 0.05) is 6.54 Å². The summed E-state index contributed by atoms with van der Waals surface area (Å²) in [7, 11) is -3.68. The number of carboxylic acid groups (broad SMARTS) is 1. The Kier molecular flexibility index (Phi) is 4.81. The fourth-order valence-corrected chi connectivity index (χ4v) is 4.86. The second kappa shape index (κ2) is 6.88. The summed E-state index contributed by atoms with van der Waals surface area (Å²) in [5, 5.41) is 9.18. The summed E-state index contributed by atoms with van der Waals surface area (Å²) < 4.78 is 27.7. The Bertz CT molecular complexity index is 875. The van der Waals surface area contributed by atoms with E-state index in [2.05, 4.69) is 0 Å². The summed E-state index contributed by atoms with van der Waals surface area (Å²) in [6.45, 7) is 2.26. The molecule has 132 valence electrons. The van der Waals surface area contributed by atoms with Gasteiger partial charge in [-0.2, -0.15) is 0 Å². The molecule has 2 aromatic rings.